The van der Waals surface area contributed by atoms with Gasteiger partial charge in [0.1, 0.15) is 5.70 Å². The fourth-order valence-corrected chi connectivity index (χ4v) is 3.05. The maximum absolute atomic E-state index is 12.3. The Labute approximate surface area is 137 Å². The molecule has 2 N–H and O–H groups in total. The zero-order valence-corrected chi connectivity index (χ0v) is 13.7. The van der Waals surface area contributed by atoms with Crippen LogP contribution in [-0.4, -0.2) is 17.9 Å². The molecule has 1 aromatic carbocycles. The minimum absolute atomic E-state index is 0.0836. The van der Waals surface area contributed by atoms with Gasteiger partial charge in [0.05, 0.1) is 5.69 Å². The minimum atomic E-state index is -0.137. The molecule has 0 saturated heterocycles. The molecule has 0 unspecified atom stereocenters. The van der Waals surface area contributed by atoms with Crippen molar-refractivity contribution >= 4 is 33.4 Å². The lowest BCUT2D eigenvalue weighted by atomic mass is 10.2. The van der Waals surface area contributed by atoms with Gasteiger partial charge >= 0.3 is 0 Å². The fourth-order valence-electron chi connectivity index (χ4n) is 2.78. The van der Waals surface area contributed by atoms with Crippen LogP contribution in [-0.2, 0) is 9.59 Å². The summed E-state index contributed by atoms with van der Waals surface area (Å²) in [6, 6.07) is 7.63. The SMILES string of the molecule is O=C(NC1CCCC1)C1=CCC(=O)N(c2ccc(Br)cc2)N1. The van der Waals surface area contributed by atoms with E-state index in [1.807, 2.05) is 24.3 Å². The van der Waals surface area contributed by atoms with E-state index in [-0.39, 0.29) is 24.3 Å². The van der Waals surface area contributed by atoms with Gasteiger partial charge in [0.25, 0.3) is 5.91 Å². The molecule has 0 atom stereocenters. The van der Waals surface area contributed by atoms with Gasteiger partial charge in [0.2, 0.25) is 5.91 Å². The highest BCUT2D eigenvalue weighted by atomic mass is 79.9. The number of anilines is 1. The van der Waals surface area contributed by atoms with Crippen molar-refractivity contribution in [1.29, 1.82) is 0 Å². The Hall–Kier alpha value is -1.82. The van der Waals surface area contributed by atoms with Crippen LogP contribution in [0.4, 0.5) is 5.69 Å². The van der Waals surface area contributed by atoms with Gasteiger partial charge in [-0.3, -0.25) is 15.0 Å². The molecule has 1 aliphatic carbocycles. The molecule has 2 aliphatic rings. The molecule has 6 heteroatoms. The molecule has 1 aliphatic heterocycles. The standard InChI is InChI=1S/C16H18BrN3O2/c17-11-5-7-13(8-6-11)20-15(21)10-9-14(19-20)16(22)18-12-3-1-2-4-12/h5-9,12,19H,1-4,10H2,(H,18,22). The van der Waals surface area contributed by atoms with Gasteiger partial charge in [0, 0.05) is 16.9 Å². The monoisotopic (exact) mass is 363 g/mol. The van der Waals surface area contributed by atoms with Gasteiger partial charge in [0.15, 0.2) is 0 Å². The van der Waals surface area contributed by atoms with E-state index in [9.17, 15) is 9.59 Å². The summed E-state index contributed by atoms with van der Waals surface area (Å²) in [6.07, 6.45) is 6.28. The Morgan fingerprint density at radius 1 is 1.23 bits per heavy atom. The number of carbonyl (C=O) groups is 2. The topological polar surface area (TPSA) is 61.4 Å². The van der Waals surface area contributed by atoms with E-state index in [0.29, 0.717) is 11.4 Å². The maximum atomic E-state index is 12.3. The number of hydrogen-bond donors (Lipinski definition) is 2. The lowest BCUT2D eigenvalue weighted by molar-refractivity contribution is -0.120. The first kappa shape index (κ1) is 15.1. The Balaban J connectivity index is 1.70. The molecule has 1 fully saturated rings. The Kier molecular flexibility index (Phi) is 4.47. The normalized spacial score (nSPS) is 18.9. The molecule has 1 aromatic rings. The lowest BCUT2D eigenvalue weighted by Crippen LogP contribution is -2.49. The molecule has 0 spiro atoms. The summed E-state index contributed by atoms with van der Waals surface area (Å²) in [6.45, 7) is 0. The van der Waals surface area contributed by atoms with Crippen molar-refractivity contribution in [2.24, 2.45) is 0 Å². The second-order valence-corrected chi connectivity index (χ2v) is 6.51. The Morgan fingerprint density at radius 3 is 2.59 bits per heavy atom. The summed E-state index contributed by atoms with van der Waals surface area (Å²) in [5.41, 5.74) is 4.08. The molecule has 22 heavy (non-hydrogen) atoms. The zero-order valence-electron chi connectivity index (χ0n) is 12.1. The number of nitrogens with one attached hydrogen (secondary N) is 2. The first-order valence-corrected chi connectivity index (χ1v) is 8.29. The Bertz CT molecular complexity index is 606. The highest BCUT2D eigenvalue weighted by Crippen LogP contribution is 2.21. The van der Waals surface area contributed by atoms with Crippen LogP contribution >= 0.6 is 15.9 Å². The average molecular weight is 364 g/mol. The summed E-state index contributed by atoms with van der Waals surface area (Å²) < 4.78 is 0.940. The van der Waals surface area contributed by atoms with Gasteiger partial charge in [-0.2, -0.15) is 0 Å². The van der Waals surface area contributed by atoms with Crippen LogP contribution in [0.25, 0.3) is 0 Å². The third-order valence-electron chi connectivity index (χ3n) is 3.98. The van der Waals surface area contributed by atoms with Crippen molar-refractivity contribution in [2.75, 3.05) is 5.01 Å². The van der Waals surface area contributed by atoms with E-state index in [1.54, 1.807) is 6.08 Å². The first-order valence-electron chi connectivity index (χ1n) is 7.50. The van der Waals surface area contributed by atoms with Crippen LogP contribution in [0.15, 0.2) is 40.5 Å². The number of hydrogen-bond acceptors (Lipinski definition) is 3. The third kappa shape index (κ3) is 3.32. The van der Waals surface area contributed by atoms with Gasteiger partial charge in [-0.1, -0.05) is 28.8 Å². The fraction of sp³-hybridized carbons (Fsp3) is 0.375. The smallest absolute Gasteiger partial charge is 0.269 e. The lowest BCUT2D eigenvalue weighted by Gasteiger charge is -2.29. The molecule has 0 radical (unpaired) electrons. The van der Waals surface area contributed by atoms with Gasteiger partial charge in [-0.05, 0) is 43.2 Å². The molecule has 0 aromatic heterocycles. The molecule has 116 valence electrons. The van der Waals surface area contributed by atoms with Gasteiger partial charge in [-0.25, -0.2) is 5.01 Å². The van der Waals surface area contributed by atoms with Crippen LogP contribution < -0.4 is 15.8 Å². The number of hydrazine groups is 1. The van der Waals surface area contributed by atoms with E-state index < -0.39 is 0 Å². The largest absolute Gasteiger partial charge is 0.348 e. The summed E-state index contributed by atoms with van der Waals surface area (Å²) in [7, 11) is 0. The van der Waals surface area contributed by atoms with E-state index in [4.69, 9.17) is 0 Å². The summed E-state index contributed by atoms with van der Waals surface area (Å²) in [4.78, 5) is 24.4. The first-order chi connectivity index (χ1) is 10.6. The minimum Gasteiger partial charge on any atom is -0.348 e. The van der Waals surface area contributed by atoms with Crippen molar-refractivity contribution in [3.63, 3.8) is 0 Å². The summed E-state index contributed by atoms with van der Waals surface area (Å²) >= 11 is 3.37. The zero-order chi connectivity index (χ0) is 15.5. The van der Waals surface area contributed by atoms with E-state index in [0.717, 1.165) is 17.3 Å². The van der Waals surface area contributed by atoms with Gasteiger partial charge < -0.3 is 5.32 Å². The highest BCUT2D eigenvalue weighted by molar-refractivity contribution is 9.10. The van der Waals surface area contributed by atoms with Crippen LogP contribution in [0.5, 0.6) is 0 Å². The van der Waals surface area contributed by atoms with Crippen LogP contribution in [0, 0.1) is 0 Å². The van der Waals surface area contributed by atoms with E-state index in [1.165, 1.54) is 17.9 Å². The number of nitrogens with zero attached hydrogens (tertiary/aromatic N) is 1. The molecule has 5 nitrogen and oxygen atoms in total. The predicted molar refractivity (Wildman–Crippen MR) is 87.9 cm³/mol. The third-order valence-corrected chi connectivity index (χ3v) is 4.51. The van der Waals surface area contributed by atoms with Crippen molar-refractivity contribution < 1.29 is 9.59 Å². The van der Waals surface area contributed by atoms with E-state index in [2.05, 4.69) is 26.7 Å². The van der Waals surface area contributed by atoms with Crippen LogP contribution in [0.1, 0.15) is 32.1 Å². The molecular weight excluding hydrogens is 346 g/mol. The summed E-state index contributed by atoms with van der Waals surface area (Å²) in [5.74, 6) is -0.221. The highest BCUT2D eigenvalue weighted by Gasteiger charge is 2.26. The maximum Gasteiger partial charge on any atom is 0.269 e. The number of benzene rings is 1. The number of amides is 2. The van der Waals surface area contributed by atoms with E-state index >= 15 is 0 Å². The Morgan fingerprint density at radius 2 is 1.91 bits per heavy atom. The van der Waals surface area contributed by atoms with Crippen LogP contribution in [0.3, 0.4) is 0 Å². The van der Waals surface area contributed by atoms with Crippen molar-refractivity contribution in [2.45, 2.75) is 38.1 Å². The molecule has 3 rings (SSSR count). The number of halogens is 1. The quantitative estimate of drug-likeness (QED) is 0.867. The molecule has 1 heterocycles. The van der Waals surface area contributed by atoms with Crippen molar-refractivity contribution in [1.82, 2.24) is 10.7 Å². The molecular formula is C16H18BrN3O2. The van der Waals surface area contributed by atoms with Gasteiger partial charge in [-0.15, -0.1) is 0 Å². The number of carbonyl (C=O) groups excluding carboxylic acids is 2. The summed E-state index contributed by atoms with van der Waals surface area (Å²) in [5, 5.41) is 4.46. The second kappa shape index (κ2) is 6.52. The van der Waals surface area contributed by atoms with Crippen LogP contribution in [0.2, 0.25) is 0 Å². The molecule has 0 bridgehead atoms. The molecule has 1 saturated carbocycles. The molecule has 2 amide bonds. The van der Waals surface area contributed by atoms with Crippen molar-refractivity contribution in [3.8, 4) is 0 Å². The number of rotatable bonds is 3. The average Bonchev–Trinajstić information content (AvgIpc) is 3.01. The van der Waals surface area contributed by atoms with Crippen molar-refractivity contribution in [3.05, 3.63) is 40.5 Å². The second-order valence-electron chi connectivity index (χ2n) is 5.59. The predicted octanol–water partition coefficient (Wildman–Crippen LogP) is 2.63.